The van der Waals surface area contributed by atoms with Crippen LogP contribution in [0.5, 0.6) is 0 Å². The van der Waals surface area contributed by atoms with Gasteiger partial charge in [-0.05, 0) is 12.8 Å². The molecule has 0 radical (unpaired) electrons. The first-order chi connectivity index (χ1) is 6.68. The quantitative estimate of drug-likeness (QED) is 0.679. The summed E-state index contributed by atoms with van der Waals surface area (Å²) in [6, 6.07) is -0.366. The number of hydrogen-bond acceptors (Lipinski definition) is 5. The van der Waals surface area contributed by atoms with Crippen LogP contribution in [0.15, 0.2) is 4.42 Å². The van der Waals surface area contributed by atoms with Crippen molar-refractivity contribution in [1.82, 2.24) is 15.1 Å². The second-order valence-corrected chi connectivity index (χ2v) is 3.11. The van der Waals surface area contributed by atoms with E-state index in [4.69, 9.17) is 15.3 Å². The molecule has 1 amide bonds. The summed E-state index contributed by atoms with van der Waals surface area (Å²) in [5.74, 6) is 0.280. The van der Waals surface area contributed by atoms with E-state index in [1.807, 2.05) is 0 Å². The van der Waals surface area contributed by atoms with Crippen LogP contribution in [0.3, 0.4) is 0 Å². The monoisotopic (exact) mass is 198 g/mol. The van der Waals surface area contributed by atoms with Crippen LogP contribution in [0.1, 0.15) is 24.8 Å². The topological polar surface area (TPSA) is 105 Å². The SMILES string of the molecule is Nc1nnc([C@H]2CCCN2C(=O)O)o1. The molecule has 1 aliphatic rings. The van der Waals surface area contributed by atoms with Crippen LogP contribution < -0.4 is 5.73 Å². The molecule has 1 aliphatic heterocycles. The number of carbonyl (C=O) groups is 1. The Kier molecular flexibility index (Phi) is 1.99. The average Bonchev–Trinajstić information content (AvgIpc) is 2.70. The molecule has 0 saturated carbocycles. The number of nitrogen functional groups attached to an aromatic ring is 1. The number of rotatable bonds is 1. The minimum absolute atomic E-state index is 0.0303. The third-order valence-corrected chi connectivity index (χ3v) is 2.24. The largest absolute Gasteiger partial charge is 0.465 e. The molecule has 7 nitrogen and oxygen atoms in total. The smallest absolute Gasteiger partial charge is 0.407 e. The highest BCUT2D eigenvalue weighted by Gasteiger charge is 2.33. The van der Waals surface area contributed by atoms with E-state index in [1.165, 1.54) is 4.90 Å². The van der Waals surface area contributed by atoms with E-state index in [0.29, 0.717) is 13.0 Å². The van der Waals surface area contributed by atoms with Crippen LogP contribution in [0.2, 0.25) is 0 Å². The van der Waals surface area contributed by atoms with Crippen molar-refractivity contribution >= 4 is 12.1 Å². The van der Waals surface area contributed by atoms with Gasteiger partial charge in [-0.25, -0.2) is 4.79 Å². The van der Waals surface area contributed by atoms with E-state index in [1.54, 1.807) is 0 Å². The molecule has 1 aromatic rings. The molecule has 0 spiro atoms. The first-order valence-electron chi connectivity index (χ1n) is 4.27. The van der Waals surface area contributed by atoms with E-state index >= 15 is 0 Å². The van der Waals surface area contributed by atoms with Gasteiger partial charge < -0.3 is 15.3 Å². The van der Waals surface area contributed by atoms with Gasteiger partial charge in [0.15, 0.2) is 0 Å². The number of nitrogens with zero attached hydrogens (tertiary/aromatic N) is 3. The Bertz CT molecular complexity index is 350. The fourth-order valence-corrected chi connectivity index (χ4v) is 1.63. The lowest BCUT2D eigenvalue weighted by molar-refractivity contribution is 0.134. The molecular weight excluding hydrogens is 188 g/mol. The van der Waals surface area contributed by atoms with Crippen LogP contribution in [0.4, 0.5) is 10.8 Å². The fraction of sp³-hybridized carbons (Fsp3) is 0.571. The molecule has 14 heavy (non-hydrogen) atoms. The zero-order chi connectivity index (χ0) is 10.1. The van der Waals surface area contributed by atoms with Gasteiger partial charge in [0, 0.05) is 6.54 Å². The molecule has 3 N–H and O–H groups in total. The Morgan fingerprint density at radius 2 is 2.43 bits per heavy atom. The summed E-state index contributed by atoms with van der Waals surface area (Å²) in [4.78, 5) is 12.1. The van der Waals surface area contributed by atoms with Crippen LogP contribution in [-0.4, -0.2) is 32.8 Å². The van der Waals surface area contributed by atoms with Crippen molar-refractivity contribution in [1.29, 1.82) is 0 Å². The summed E-state index contributed by atoms with van der Waals surface area (Å²) >= 11 is 0. The number of anilines is 1. The molecule has 1 atom stereocenters. The van der Waals surface area contributed by atoms with Crippen molar-refractivity contribution in [3.63, 3.8) is 0 Å². The molecule has 0 unspecified atom stereocenters. The van der Waals surface area contributed by atoms with E-state index in [-0.39, 0.29) is 17.9 Å². The molecule has 0 aromatic carbocycles. The van der Waals surface area contributed by atoms with Crippen molar-refractivity contribution in [2.75, 3.05) is 12.3 Å². The summed E-state index contributed by atoms with van der Waals surface area (Å²) < 4.78 is 5.00. The maximum atomic E-state index is 10.8. The van der Waals surface area contributed by atoms with Crippen LogP contribution in [0.25, 0.3) is 0 Å². The molecule has 0 bridgehead atoms. The highest BCUT2D eigenvalue weighted by molar-refractivity contribution is 5.65. The van der Waals surface area contributed by atoms with E-state index < -0.39 is 6.09 Å². The van der Waals surface area contributed by atoms with Gasteiger partial charge in [0.1, 0.15) is 6.04 Å². The van der Waals surface area contributed by atoms with Crippen molar-refractivity contribution in [3.05, 3.63) is 5.89 Å². The first-order valence-corrected chi connectivity index (χ1v) is 4.27. The zero-order valence-corrected chi connectivity index (χ0v) is 7.38. The Morgan fingerprint density at radius 1 is 1.64 bits per heavy atom. The van der Waals surface area contributed by atoms with Gasteiger partial charge in [0.25, 0.3) is 0 Å². The fourth-order valence-electron chi connectivity index (χ4n) is 1.63. The van der Waals surface area contributed by atoms with Crippen molar-refractivity contribution in [2.24, 2.45) is 0 Å². The maximum Gasteiger partial charge on any atom is 0.407 e. The van der Waals surface area contributed by atoms with Crippen molar-refractivity contribution in [3.8, 4) is 0 Å². The first kappa shape index (κ1) is 8.79. The summed E-state index contributed by atoms with van der Waals surface area (Å²) in [5.41, 5.74) is 5.26. The summed E-state index contributed by atoms with van der Waals surface area (Å²) in [7, 11) is 0. The molecular formula is C7H10N4O3. The standard InChI is InChI=1S/C7H10N4O3/c8-6-10-9-5(14-6)4-2-1-3-11(4)7(12)13/h4H,1-3H2,(H2,8,10)(H,12,13)/t4-/m1/s1. The number of nitrogens with two attached hydrogens (primary N) is 1. The minimum atomic E-state index is -0.968. The maximum absolute atomic E-state index is 10.8. The third-order valence-electron chi connectivity index (χ3n) is 2.24. The Balaban J connectivity index is 2.21. The molecule has 1 saturated heterocycles. The van der Waals surface area contributed by atoms with Gasteiger partial charge in [0.2, 0.25) is 5.89 Å². The van der Waals surface area contributed by atoms with E-state index in [2.05, 4.69) is 10.2 Å². The lowest BCUT2D eigenvalue weighted by Crippen LogP contribution is -2.28. The number of likely N-dealkylation sites (tertiary alicyclic amines) is 1. The van der Waals surface area contributed by atoms with E-state index in [0.717, 1.165) is 6.42 Å². The molecule has 1 fully saturated rings. The Morgan fingerprint density at radius 3 is 3.00 bits per heavy atom. The lowest BCUT2D eigenvalue weighted by atomic mass is 10.2. The lowest BCUT2D eigenvalue weighted by Gasteiger charge is -2.17. The number of carboxylic acid groups (broad SMARTS) is 1. The van der Waals surface area contributed by atoms with Gasteiger partial charge >= 0.3 is 12.1 Å². The number of aromatic nitrogens is 2. The molecule has 2 heterocycles. The Hall–Kier alpha value is -1.79. The number of hydrogen-bond donors (Lipinski definition) is 2. The molecule has 0 aliphatic carbocycles. The Labute approximate surface area is 79.5 Å². The summed E-state index contributed by atoms with van der Waals surface area (Å²) in [6.45, 7) is 0.502. The molecule has 7 heteroatoms. The summed E-state index contributed by atoms with van der Waals surface area (Å²) in [5, 5.41) is 16.0. The minimum Gasteiger partial charge on any atom is -0.465 e. The van der Waals surface area contributed by atoms with Crippen LogP contribution in [-0.2, 0) is 0 Å². The third kappa shape index (κ3) is 1.36. The molecule has 2 rings (SSSR count). The van der Waals surface area contributed by atoms with Gasteiger partial charge in [-0.2, -0.15) is 0 Å². The van der Waals surface area contributed by atoms with Crippen LogP contribution in [0, 0.1) is 0 Å². The van der Waals surface area contributed by atoms with Gasteiger partial charge in [-0.3, -0.25) is 4.90 Å². The summed E-state index contributed by atoms with van der Waals surface area (Å²) in [6.07, 6.45) is 0.539. The van der Waals surface area contributed by atoms with Crippen molar-refractivity contribution in [2.45, 2.75) is 18.9 Å². The van der Waals surface area contributed by atoms with Gasteiger partial charge in [-0.15, -0.1) is 5.10 Å². The predicted octanol–water partition coefficient (Wildman–Crippen LogP) is 0.467. The van der Waals surface area contributed by atoms with Gasteiger partial charge in [0.05, 0.1) is 0 Å². The second kappa shape index (κ2) is 3.17. The highest BCUT2D eigenvalue weighted by Crippen LogP contribution is 2.30. The zero-order valence-electron chi connectivity index (χ0n) is 7.38. The average molecular weight is 198 g/mol. The van der Waals surface area contributed by atoms with Crippen LogP contribution >= 0.6 is 0 Å². The second-order valence-electron chi connectivity index (χ2n) is 3.11. The normalized spacial score (nSPS) is 21.4. The number of amides is 1. The highest BCUT2D eigenvalue weighted by atomic mass is 16.4. The molecule has 76 valence electrons. The predicted molar refractivity (Wildman–Crippen MR) is 45.4 cm³/mol. The molecule has 1 aromatic heterocycles. The van der Waals surface area contributed by atoms with Crippen molar-refractivity contribution < 1.29 is 14.3 Å². The van der Waals surface area contributed by atoms with Gasteiger partial charge in [-0.1, -0.05) is 5.10 Å². The van der Waals surface area contributed by atoms with E-state index in [9.17, 15) is 4.79 Å².